The molecule has 0 aliphatic heterocycles. The van der Waals surface area contributed by atoms with E-state index in [2.05, 4.69) is 10.4 Å². The standard InChI is InChI=1S/C16H13N3O3S/c1-10-8-23-9-13(10)15(20)17-11-2-4-12(5-3-11)19-7-6-14(18-19)16(21)22/h2-9H,1H3,(H,17,20)(H,21,22). The van der Waals surface area contributed by atoms with Crippen molar-refractivity contribution in [1.82, 2.24) is 9.78 Å². The Morgan fingerprint density at radius 3 is 2.48 bits per heavy atom. The molecule has 3 rings (SSSR count). The maximum Gasteiger partial charge on any atom is 0.356 e. The molecule has 1 aromatic carbocycles. The monoisotopic (exact) mass is 327 g/mol. The SMILES string of the molecule is Cc1cscc1C(=O)Nc1ccc(-n2ccc(C(=O)O)n2)cc1. The Labute approximate surface area is 136 Å². The molecule has 2 heterocycles. The Morgan fingerprint density at radius 2 is 1.91 bits per heavy atom. The number of hydrogen-bond donors (Lipinski definition) is 2. The fraction of sp³-hybridized carbons (Fsp3) is 0.0625. The molecule has 0 saturated carbocycles. The van der Waals surface area contributed by atoms with Gasteiger partial charge in [0.2, 0.25) is 0 Å². The lowest BCUT2D eigenvalue weighted by Crippen LogP contribution is -2.12. The van der Waals surface area contributed by atoms with Crippen molar-refractivity contribution < 1.29 is 14.7 Å². The molecular formula is C16H13N3O3S. The fourth-order valence-corrected chi connectivity index (χ4v) is 2.90. The first-order valence-corrected chi connectivity index (χ1v) is 7.72. The van der Waals surface area contributed by atoms with Gasteiger partial charge in [0, 0.05) is 17.3 Å². The number of aromatic nitrogens is 2. The summed E-state index contributed by atoms with van der Waals surface area (Å²) in [6, 6.07) is 8.44. The number of nitrogens with one attached hydrogen (secondary N) is 1. The first kappa shape index (κ1) is 15.0. The van der Waals surface area contributed by atoms with Crippen molar-refractivity contribution in [3.8, 4) is 5.69 Å². The summed E-state index contributed by atoms with van der Waals surface area (Å²) in [6.45, 7) is 1.90. The topological polar surface area (TPSA) is 84.2 Å². The molecule has 0 aliphatic carbocycles. The smallest absolute Gasteiger partial charge is 0.356 e. The summed E-state index contributed by atoms with van der Waals surface area (Å²) in [5.41, 5.74) is 2.96. The number of carbonyl (C=O) groups excluding carboxylic acids is 1. The molecule has 2 aromatic heterocycles. The van der Waals surface area contributed by atoms with Crippen molar-refractivity contribution >= 4 is 28.9 Å². The fourth-order valence-electron chi connectivity index (χ4n) is 2.07. The first-order valence-electron chi connectivity index (χ1n) is 6.78. The van der Waals surface area contributed by atoms with Crippen LogP contribution in [-0.4, -0.2) is 26.8 Å². The molecule has 3 aromatic rings. The maximum atomic E-state index is 12.1. The summed E-state index contributed by atoms with van der Waals surface area (Å²) in [4.78, 5) is 23.0. The summed E-state index contributed by atoms with van der Waals surface area (Å²) >= 11 is 1.49. The van der Waals surface area contributed by atoms with Gasteiger partial charge in [-0.2, -0.15) is 16.4 Å². The highest BCUT2D eigenvalue weighted by Gasteiger charge is 2.11. The zero-order valence-corrected chi connectivity index (χ0v) is 13.0. The number of anilines is 1. The molecule has 0 radical (unpaired) electrons. The zero-order chi connectivity index (χ0) is 16.4. The lowest BCUT2D eigenvalue weighted by molar-refractivity contribution is 0.0689. The number of carboxylic acid groups (broad SMARTS) is 1. The van der Waals surface area contributed by atoms with Crippen LogP contribution in [0.1, 0.15) is 26.4 Å². The Bertz CT molecular complexity index is 865. The van der Waals surface area contributed by atoms with E-state index in [0.717, 1.165) is 5.56 Å². The maximum absolute atomic E-state index is 12.1. The number of amides is 1. The van der Waals surface area contributed by atoms with Gasteiger partial charge in [-0.15, -0.1) is 0 Å². The van der Waals surface area contributed by atoms with E-state index in [-0.39, 0.29) is 11.6 Å². The molecule has 23 heavy (non-hydrogen) atoms. The van der Waals surface area contributed by atoms with Gasteiger partial charge in [-0.1, -0.05) is 0 Å². The highest BCUT2D eigenvalue weighted by Crippen LogP contribution is 2.17. The van der Waals surface area contributed by atoms with Crippen LogP contribution < -0.4 is 5.32 Å². The average molecular weight is 327 g/mol. The Balaban J connectivity index is 1.75. The van der Waals surface area contributed by atoms with Crippen LogP contribution in [0.25, 0.3) is 5.69 Å². The summed E-state index contributed by atoms with van der Waals surface area (Å²) in [6.07, 6.45) is 1.58. The molecule has 0 aliphatic rings. The number of rotatable bonds is 4. The first-order chi connectivity index (χ1) is 11.0. The second-order valence-electron chi connectivity index (χ2n) is 4.92. The van der Waals surface area contributed by atoms with Gasteiger partial charge in [0.25, 0.3) is 5.91 Å². The van der Waals surface area contributed by atoms with Crippen molar-refractivity contribution in [3.05, 3.63) is 64.1 Å². The molecule has 6 nitrogen and oxygen atoms in total. The van der Waals surface area contributed by atoms with Crippen LogP contribution in [0.5, 0.6) is 0 Å². The molecule has 2 N–H and O–H groups in total. The molecule has 0 bridgehead atoms. The van der Waals surface area contributed by atoms with Crippen LogP contribution in [0.15, 0.2) is 47.3 Å². The van der Waals surface area contributed by atoms with Gasteiger partial charge < -0.3 is 10.4 Å². The van der Waals surface area contributed by atoms with E-state index in [0.29, 0.717) is 16.9 Å². The molecule has 0 unspecified atom stereocenters. The van der Waals surface area contributed by atoms with Crippen LogP contribution in [0, 0.1) is 6.92 Å². The largest absolute Gasteiger partial charge is 0.476 e. The van der Waals surface area contributed by atoms with E-state index in [4.69, 9.17) is 5.11 Å². The third-order valence-electron chi connectivity index (χ3n) is 3.30. The van der Waals surface area contributed by atoms with E-state index in [9.17, 15) is 9.59 Å². The van der Waals surface area contributed by atoms with E-state index in [1.807, 2.05) is 17.7 Å². The van der Waals surface area contributed by atoms with E-state index < -0.39 is 5.97 Å². The van der Waals surface area contributed by atoms with Crippen molar-refractivity contribution in [3.63, 3.8) is 0 Å². The third kappa shape index (κ3) is 3.14. The molecule has 0 fully saturated rings. The van der Waals surface area contributed by atoms with Crippen LogP contribution in [0.4, 0.5) is 5.69 Å². The molecule has 0 saturated heterocycles. The Hall–Kier alpha value is -2.93. The lowest BCUT2D eigenvalue weighted by Gasteiger charge is -2.06. The number of carboxylic acids is 1. The molecule has 7 heteroatoms. The lowest BCUT2D eigenvalue weighted by atomic mass is 10.2. The second kappa shape index (κ2) is 6.05. The van der Waals surface area contributed by atoms with Gasteiger partial charge >= 0.3 is 5.97 Å². The summed E-state index contributed by atoms with van der Waals surface area (Å²) in [5, 5.41) is 19.4. The van der Waals surface area contributed by atoms with E-state index in [1.54, 1.807) is 30.5 Å². The summed E-state index contributed by atoms with van der Waals surface area (Å²) in [5.74, 6) is -1.22. The van der Waals surface area contributed by atoms with Gasteiger partial charge in [-0.3, -0.25) is 4.79 Å². The predicted octanol–water partition coefficient (Wildman–Crippen LogP) is 3.19. The van der Waals surface area contributed by atoms with E-state index >= 15 is 0 Å². The highest BCUT2D eigenvalue weighted by molar-refractivity contribution is 7.08. The number of hydrogen-bond acceptors (Lipinski definition) is 4. The number of nitrogens with zero attached hydrogens (tertiary/aromatic N) is 2. The second-order valence-corrected chi connectivity index (χ2v) is 5.66. The molecule has 1 amide bonds. The summed E-state index contributed by atoms with van der Waals surface area (Å²) < 4.78 is 1.47. The van der Waals surface area contributed by atoms with Gasteiger partial charge in [-0.05, 0) is 48.2 Å². The Morgan fingerprint density at radius 1 is 1.17 bits per heavy atom. The number of benzene rings is 1. The van der Waals surface area contributed by atoms with Crippen molar-refractivity contribution in [2.24, 2.45) is 0 Å². The minimum absolute atomic E-state index is 0.0182. The third-order valence-corrected chi connectivity index (χ3v) is 4.16. The predicted molar refractivity (Wildman–Crippen MR) is 87.5 cm³/mol. The minimum atomic E-state index is -1.07. The number of thiophene rings is 1. The van der Waals surface area contributed by atoms with Crippen LogP contribution in [0.3, 0.4) is 0 Å². The van der Waals surface area contributed by atoms with Gasteiger partial charge in [0.1, 0.15) is 0 Å². The number of carbonyl (C=O) groups is 2. The van der Waals surface area contributed by atoms with Crippen molar-refractivity contribution in [2.75, 3.05) is 5.32 Å². The van der Waals surface area contributed by atoms with Gasteiger partial charge in [0.05, 0.1) is 11.3 Å². The van der Waals surface area contributed by atoms with Gasteiger partial charge in [0.15, 0.2) is 5.69 Å². The van der Waals surface area contributed by atoms with Gasteiger partial charge in [-0.25, -0.2) is 9.48 Å². The molecule has 116 valence electrons. The molecule has 0 atom stereocenters. The molecule has 0 spiro atoms. The van der Waals surface area contributed by atoms with Crippen molar-refractivity contribution in [2.45, 2.75) is 6.92 Å². The quantitative estimate of drug-likeness (QED) is 0.771. The number of aromatic carboxylic acids is 1. The van der Waals surface area contributed by atoms with Crippen molar-refractivity contribution in [1.29, 1.82) is 0 Å². The normalized spacial score (nSPS) is 10.5. The minimum Gasteiger partial charge on any atom is -0.476 e. The van der Waals surface area contributed by atoms with E-state index in [1.165, 1.54) is 22.1 Å². The zero-order valence-electron chi connectivity index (χ0n) is 12.2. The average Bonchev–Trinajstić information content (AvgIpc) is 3.17. The van der Waals surface area contributed by atoms with Crippen LogP contribution in [-0.2, 0) is 0 Å². The highest BCUT2D eigenvalue weighted by atomic mass is 32.1. The van der Waals surface area contributed by atoms with Crippen LogP contribution in [0.2, 0.25) is 0 Å². The Kier molecular flexibility index (Phi) is 3.94. The summed E-state index contributed by atoms with van der Waals surface area (Å²) in [7, 11) is 0. The van der Waals surface area contributed by atoms with Crippen LogP contribution >= 0.6 is 11.3 Å². The molecular weight excluding hydrogens is 314 g/mol. The number of aryl methyl sites for hydroxylation is 1.